The fourth-order valence-corrected chi connectivity index (χ4v) is 1.65. The molecule has 0 aliphatic carbocycles. The van der Waals surface area contributed by atoms with Crippen molar-refractivity contribution in [1.82, 2.24) is 10.6 Å². The van der Waals surface area contributed by atoms with Crippen molar-refractivity contribution in [3.05, 3.63) is 29.8 Å². The van der Waals surface area contributed by atoms with E-state index in [0.717, 1.165) is 25.1 Å². The number of nitrogens with one attached hydrogen (secondary N) is 2. The lowest BCUT2D eigenvalue weighted by Crippen LogP contribution is -2.38. The fourth-order valence-electron chi connectivity index (χ4n) is 1.65. The van der Waals surface area contributed by atoms with E-state index in [1.54, 1.807) is 0 Å². The van der Waals surface area contributed by atoms with Crippen LogP contribution < -0.4 is 15.4 Å². The van der Waals surface area contributed by atoms with Gasteiger partial charge in [0.15, 0.2) is 11.6 Å². The number of amides is 1. The van der Waals surface area contributed by atoms with Crippen molar-refractivity contribution in [1.29, 1.82) is 0 Å². The molecule has 17 heavy (non-hydrogen) atoms. The zero-order valence-corrected chi connectivity index (χ0v) is 9.00. The molecule has 1 heterocycles. The second-order valence-electron chi connectivity index (χ2n) is 3.77. The van der Waals surface area contributed by atoms with Crippen LogP contribution in [0, 0.1) is 11.6 Å². The Kier molecular flexibility index (Phi) is 3.53. The molecule has 0 saturated carbocycles. The Labute approximate surface area is 97.0 Å². The molecular formula is C11H12F2N2O2. The second kappa shape index (κ2) is 5.09. The highest BCUT2D eigenvalue weighted by molar-refractivity contribution is 5.70. The third kappa shape index (κ3) is 2.91. The topological polar surface area (TPSA) is 50.4 Å². The van der Waals surface area contributed by atoms with Crippen LogP contribution in [0.25, 0.3) is 0 Å². The first-order valence-corrected chi connectivity index (χ1v) is 5.30. The number of benzene rings is 1. The van der Waals surface area contributed by atoms with Crippen LogP contribution in [0.2, 0.25) is 0 Å². The van der Waals surface area contributed by atoms with Gasteiger partial charge in [0.25, 0.3) is 0 Å². The molecule has 1 saturated heterocycles. The average molecular weight is 242 g/mol. The molecule has 2 rings (SSSR count). The van der Waals surface area contributed by atoms with Crippen LogP contribution in [0.1, 0.15) is 6.42 Å². The lowest BCUT2D eigenvalue weighted by Gasteiger charge is -2.12. The third-order valence-electron chi connectivity index (χ3n) is 2.50. The quantitative estimate of drug-likeness (QED) is 0.824. The van der Waals surface area contributed by atoms with Gasteiger partial charge in [0, 0.05) is 12.6 Å². The molecule has 1 atom stereocenters. The highest BCUT2D eigenvalue weighted by atomic mass is 19.1. The van der Waals surface area contributed by atoms with Gasteiger partial charge in [-0.25, -0.2) is 13.6 Å². The van der Waals surface area contributed by atoms with E-state index in [1.165, 1.54) is 6.07 Å². The zero-order chi connectivity index (χ0) is 12.3. The number of halogens is 2. The van der Waals surface area contributed by atoms with Gasteiger partial charge in [-0.3, -0.25) is 0 Å². The van der Waals surface area contributed by atoms with Gasteiger partial charge in [0.1, 0.15) is 0 Å². The average Bonchev–Trinajstić information content (AvgIpc) is 2.76. The minimum Gasteiger partial charge on any atom is -0.404 e. The summed E-state index contributed by atoms with van der Waals surface area (Å²) in [6.45, 7) is 1.44. The summed E-state index contributed by atoms with van der Waals surface area (Å²) in [6, 6.07) is 3.21. The van der Waals surface area contributed by atoms with Crippen LogP contribution in [0.15, 0.2) is 18.2 Å². The van der Waals surface area contributed by atoms with Crippen LogP contribution in [0.3, 0.4) is 0 Å². The first-order chi connectivity index (χ1) is 8.16. The number of para-hydroxylation sites is 1. The lowest BCUT2D eigenvalue weighted by molar-refractivity contribution is 0.192. The van der Waals surface area contributed by atoms with E-state index in [4.69, 9.17) is 0 Å². The first-order valence-electron chi connectivity index (χ1n) is 5.30. The van der Waals surface area contributed by atoms with Crippen LogP contribution >= 0.6 is 0 Å². The van der Waals surface area contributed by atoms with Gasteiger partial charge in [0.05, 0.1) is 0 Å². The number of rotatable bonds is 2. The lowest BCUT2D eigenvalue weighted by atomic mass is 10.3. The number of ether oxygens (including phenoxy) is 1. The summed E-state index contributed by atoms with van der Waals surface area (Å²) in [5.41, 5.74) is 0. The minimum atomic E-state index is -0.898. The van der Waals surface area contributed by atoms with Gasteiger partial charge in [-0.2, -0.15) is 0 Å². The van der Waals surface area contributed by atoms with E-state index in [2.05, 4.69) is 15.4 Å². The summed E-state index contributed by atoms with van der Waals surface area (Å²) in [5, 5.41) is 5.57. The smallest absolute Gasteiger partial charge is 0.404 e. The summed E-state index contributed by atoms with van der Waals surface area (Å²) in [4.78, 5) is 11.4. The second-order valence-corrected chi connectivity index (χ2v) is 3.77. The molecule has 1 amide bonds. The number of hydrogen-bond acceptors (Lipinski definition) is 3. The normalized spacial score (nSPS) is 19.1. The van der Waals surface area contributed by atoms with Crippen molar-refractivity contribution in [2.75, 3.05) is 13.1 Å². The Morgan fingerprint density at radius 2 is 2.12 bits per heavy atom. The van der Waals surface area contributed by atoms with Crippen LogP contribution in [-0.4, -0.2) is 25.2 Å². The van der Waals surface area contributed by atoms with Crippen LogP contribution in [-0.2, 0) is 0 Å². The van der Waals surface area contributed by atoms with Gasteiger partial charge < -0.3 is 15.4 Å². The predicted molar refractivity (Wildman–Crippen MR) is 56.8 cm³/mol. The van der Waals surface area contributed by atoms with E-state index in [-0.39, 0.29) is 6.04 Å². The summed E-state index contributed by atoms with van der Waals surface area (Å²) in [5.74, 6) is -2.47. The van der Waals surface area contributed by atoms with Gasteiger partial charge in [-0.15, -0.1) is 0 Å². The van der Waals surface area contributed by atoms with E-state index in [9.17, 15) is 13.6 Å². The molecular weight excluding hydrogens is 230 g/mol. The Morgan fingerprint density at radius 1 is 1.41 bits per heavy atom. The molecule has 4 nitrogen and oxygen atoms in total. The fraction of sp³-hybridized carbons (Fsp3) is 0.364. The molecule has 1 unspecified atom stereocenters. The maximum atomic E-state index is 13.2. The van der Waals surface area contributed by atoms with E-state index < -0.39 is 23.5 Å². The maximum Gasteiger partial charge on any atom is 0.413 e. The minimum absolute atomic E-state index is 0.0580. The van der Waals surface area contributed by atoms with E-state index >= 15 is 0 Å². The molecule has 0 aromatic heterocycles. The molecule has 1 aromatic rings. The summed E-state index contributed by atoms with van der Waals surface area (Å²) in [6.07, 6.45) is -0.0720. The van der Waals surface area contributed by atoms with Crippen molar-refractivity contribution in [2.24, 2.45) is 0 Å². The molecule has 1 fully saturated rings. The van der Waals surface area contributed by atoms with Crippen molar-refractivity contribution >= 4 is 6.09 Å². The van der Waals surface area contributed by atoms with E-state index in [1.807, 2.05) is 0 Å². The SMILES string of the molecule is O=C(NC1CCNC1)Oc1c(F)cccc1F. The maximum absolute atomic E-state index is 13.2. The molecule has 2 N–H and O–H groups in total. The molecule has 6 heteroatoms. The van der Waals surface area contributed by atoms with Crippen molar-refractivity contribution < 1.29 is 18.3 Å². The van der Waals surface area contributed by atoms with Crippen LogP contribution in [0.5, 0.6) is 5.75 Å². The van der Waals surface area contributed by atoms with E-state index in [0.29, 0.717) is 6.54 Å². The van der Waals surface area contributed by atoms with Gasteiger partial charge in [0.2, 0.25) is 5.75 Å². The molecule has 0 radical (unpaired) electrons. The monoisotopic (exact) mass is 242 g/mol. The van der Waals surface area contributed by atoms with Gasteiger partial charge in [-0.1, -0.05) is 6.07 Å². The summed E-state index contributed by atoms with van der Waals surface area (Å²) < 4.78 is 30.9. The number of hydrogen-bond donors (Lipinski definition) is 2. The van der Waals surface area contributed by atoms with Gasteiger partial charge in [-0.05, 0) is 25.1 Å². The molecule has 1 aliphatic heterocycles. The third-order valence-corrected chi connectivity index (χ3v) is 2.50. The predicted octanol–water partition coefficient (Wildman–Crippen LogP) is 1.42. The molecule has 92 valence electrons. The van der Waals surface area contributed by atoms with Crippen molar-refractivity contribution in [3.8, 4) is 5.75 Å². The van der Waals surface area contributed by atoms with Crippen molar-refractivity contribution in [3.63, 3.8) is 0 Å². The Bertz CT molecular complexity index is 400. The standard InChI is InChI=1S/C11H12F2N2O2/c12-8-2-1-3-9(13)10(8)17-11(16)15-7-4-5-14-6-7/h1-3,7,14H,4-6H2,(H,15,16). The first kappa shape index (κ1) is 11.8. The van der Waals surface area contributed by atoms with Crippen LogP contribution in [0.4, 0.5) is 13.6 Å². The Hall–Kier alpha value is -1.69. The number of carbonyl (C=O) groups is 1. The largest absolute Gasteiger partial charge is 0.413 e. The summed E-state index contributed by atoms with van der Waals surface area (Å²) in [7, 11) is 0. The number of carbonyl (C=O) groups excluding carboxylic acids is 1. The molecule has 1 aliphatic rings. The molecule has 1 aromatic carbocycles. The Balaban J connectivity index is 1.97. The molecule has 0 spiro atoms. The Morgan fingerprint density at radius 3 is 2.71 bits per heavy atom. The molecule has 0 bridgehead atoms. The van der Waals surface area contributed by atoms with Crippen molar-refractivity contribution in [2.45, 2.75) is 12.5 Å². The zero-order valence-electron chi connectivity index (χ0n) is 9.00. The van der Waals surface area contributed by atoms with Gasteiger partial charge >= 0.3 is 6.09 Å². The highest BCUT2D eigenvalue weighted by Crippen LogP contribution is 2.20. The summed E-state index contributed by atoms with van der Waals surface area (Å²) >= 11 is 0. The highest BCUT2D eigenvalue weighted by Gasteiger charge is 2.20.